The standard InChI is InChI=1S/C17H24N6O/c18-17-21-11-12(15(23-17)22-13-7-8-13)5-2-1-3-9-20-16(24)14-6-4-10-19-14/h11,13-14,19H,1,3-4,6-10H2,(H,20,24)(H3,18,21,22,23)/t14-/m0/s1. The zero-order valence-corrected chi connectivity index (χ0v) is 13.8. The van der Waals surface area contributed by atoms with Gasteiger partial charge in [-0.2, -0.15) is 4.98 Å². The van der Waals surface area contributed by atoms with Crippen LogP contribution >= 0.6 is 0 Å². The van der Waals surface area contributed by atoms with Gasteiger partial charge in [-0.25, -0.2) is 4.98 Å². The zero-order chi connectivity index (χ0) is 16.8. The van der Waals surface area contributed by atoms with E-state index in [4.69, 9.17) is 5.73 Å². The lowest BCUT2D eigenvalue weighted by Gasteiger charge is -2.10. The van der Waals surface area contributed by atoms with Crippen molar-refractivity contribution in [2.24, 2.45) is 0 Å². The first-order chi connectivity index (χ1) is 11.7. The lowest BCUT2D eigenvalue weighted by atomic mass is 10.2. The highest BCUT2D eigenvalue weighted by molar-refractivity contribution is 5.81. The van der Waals surface area contributed by atoms with E-state index in [-0.39, 0.29) is 17.9 Å². The topological polar surface area (TPSA) is 105 Å². The molecule has 2 heterocycles. The van der Waals surface area contributed by atoms with E-state index in [0.29, 0.717) is 19.0 Å². The van der Waals surface area contributed by atoms with Crippen molar-refractivity contribution in [1.29, 1.82) is 0 Å². The molecular formula is C17H24N6O. The average Bonchev–Trinajstić information content (AvgIpc) is 3.21. The fourth-order valence-electron chi connectivity index (χ4n) is 2.60. The molecule has 7 heteroatoms. The predicted molar refractivity (Wildman–Crippen MR) is 93.2 cm³/mol. The van der Waals surface area contributed by atoms with E-state index in [1.807, 2.05) is 0 Å². The minimum Gasteiger partial charge on any atom is -0.368 e. The Labute approximate surface area is 142 Å². The molecule has 1 amide bonds. The number of unbranched alkanes of at least 4 members (excludes halogenated alkanes) is 1. The van der Waals surface area contributed by atoms with Gasteiger partial charge in [-0.15, -0.1) is 0 Å². The van der Waals surface area contributed by atoms with E-state index < -0.39 is 0 Å². The number of carbonyl (C=O) groups is 1. The van der Waals surface area contributed by atoms with Crippen LogP contribution in [0.1, 0.15) is 44.1 Å². The third kappa shape index (κ3) is 4.83. The Kier molecular flexibility index (Phi) is 5.49. The van der Waals surface area contributed by atoms with Crippen molar-refractivity contribution >= 4 is 17.7 Å². The lowest BCUT2D eigenvalue weighted by Crippen LogP contribution is -2.40. The van der Waals surface area contributed by atoms with Gasteiger partial charge in [0.1, 0.15) is 5.82 Å². The van der Waals surface area contributed by atoms with Gasteiger partial charge in [0.2, 0.25) is 11.9 Å². The molecule has 2 aliphatic rings. The fourth-order valence-corrected chi connectivity index (χ4v) is 2.60. The second-order valence-corrected chi connectivity index (χ2v) is 6.25. The molecule has 5 N–H and O–H groups in total. The molecule has 0 radical (unpaired) electrons. The summed E-state index contributed by atoms with van der Waals surface area (Å²) in [6, 6.07) is 0.471. The first kappa shape index (κ1) is 16.5. The van der Waals surface area contributed by atoms with Crippen molar-refractivity contribution < 1.29 is 4.79 Å². The van der Waals surface area contributed by atoms with Gasteiger partial charge < -0.3 is 21.7 Å². The van der Waals surface area contributed by atoms with Crippen LogP contribution in [0.5, 0.6) is 0 Å². The van der Waals surface area contributed by atoms with Crippen molar-refractivity contribution in [2.75, 3.05) is 24.1 Å². The smallest absolute Gasteiger partial charge is 0.237 e. The summed E-state index contributed by atoms with van der Waals surface area (Å²) >= 11 is 0. The molecule has 128 valence electrons. The lowest BCUT2D eigenvalue weighted by molar-refractivity contribution is -0.122. The number of anilines is 2. The van der Waals surface area contributed by atoms with Gasteiger partial charge >= 0.3 is 0 Å². The Bertz CT molecular complexity index is 640. The van der Waals surface area contributed by atoms with Crippen LogP contribution in [0.4, 0.5) is 11.8 Å². The number of hydrogen-bond acceptors (Lipinski definition) is 6. The van der Waals surface area contributed by atoms with Crippen molar-refractivity contribution in [2.45, 2.75) is 50.6 Å². The van der Waals surface area contributed by atoms with E-state index in [2.05, 4.69) is 37.8 Å². The summed E-state index contributed by atoms with van der Waals surface area (Å²) in [5.41, 5.74) is 6.42. The highest BCUT2D eigenvalue weighted by atomic mass is 16.2. The number of aromatic nitrogens is 2. The van der Waals surface area contributed by atoms with Crippen LogP contribution in [-0.4, -0.2) is 41.0 Å². The molecule has 1 aliphatic carbocycles. The number of carbonyl (C=O) groups excluding carboxylic acids is 1. The maximum Gasteiger partial charge on any atom is 0.237 e. The highest BCUT2D eigenvalue weighted by Crippen LogP contribution is 2.25. The van der Waals surface area contributed by atoms with E-state index in [0.717, 1.165) is 50.0 Å². The molecule has 24 heavy (non-hydrogen) atoms. The number of amides is 1. The van der Waals surface area contributed by atoms with Gasteiger partial charge in [0.05, 0.1) is 17.8 Å². The molecule has 7 nitrogen and oxygen atoms in total. The van der Waals surface area contributed by atoms with Crippen molar-refractivity contribution in [3.63, 3.8) is 0 Å². The molecule has 3 rings (SSSR count). The number of hydrogen-bond donors (Lipinski definition) is 4. The van der Waals surface area contributed by atoms with Crippen LogP contribution in [0.3, 0.4) is 0 Å². The summed E-state index contributed by atoms with van der Waals surface area (Å²) in [4.78, 5) is 20.1. The number of nitrogens with zero attached hydrogens (tertiary/aromatic N) is 2. The SMILES string of the molecule is Nc1ncc(C#CCCCNC(=O)[C@@H]2CCCN2)c(NC2CC2)n1. The largest absolute Gasteiger partial charge is 0.368 e. The number of nitrogens with one attached hydrogen (secondary N) is 3. The molecule has 1 atom stereocenters. The summed E-state index contributed by atoms with van der Waals surface area (Å²) < 4.78 is 0. The molecule has 2 fully saturated rings. The number of nitrogen functional groups attached to an aromatic ring is 1. The van der Waals surface area contributed by atoms with Gasteiger partial charge in [0, 0.05) is 19.0 Å². The zero-order valence-electron chi connectivity index (χ0n) is 13.8. The third-order valence-electron chi connectivity index (χ3n) is 4.10. The third-order valence-corrected chi connectivity index (χ3v) is 4.10. The Morgan fingerprint density at radius 2 is 2.29 bits per heavy atom. The fraction of sp³-hybridized carbons (Fsp3) is 0.588. The summed E-state index contributed by atoms with van der Waals surface area (Å²) in [5, 5.41) is 9.47. The number of nitrogens with two attached hydrogens (primary N) is 1. The molecule has 1 aromatic rings. The molecule has 0 unspecified atom stereocenters. The van der Waals surface area contributed by atoms with Crippen LogP contribution in [-0.2, 0) is 4.79 Å². The molecule has 1 saturated carbocycles. The monoisotopic (exact) mass is 328 g/mol. The minimum absolute atomic E-state index is 0.0148. The van der Waals surface area contributed by atoms with E-state index in [9.17, 15) is 4.79 Å². The Morgan fingerprint density at radius 3 is 3.04 bits per heavy atom. The van der Waals surface area contributed by atoms with Crippen LogP contribution in [0.2, 0.25) is 0 Å². The van der Waals surface area contributed by atoms with Gasteiger partial charge in [-0.1, -0.05) is 11.8 Å². The molecular weight excluding hydrogens is 304 g/mol. The van der Waals surface area contributed by atoms with Gasteiger partial charge in [0.15, 0.2) is 0 Å². The van der Waals surface area contributed by atoms with E-state index in [1.165, 1.54) is 0 Å². The number of rotatable bonds is 6. The van der Waals surface area contributed by atoms with Crippen LogP contribution in [0.15, 0.2) is 6.20 Å². The molecule has 1 aliphatic heterocycles. The van der Waals surface area contributed by atoms with E-state index in [1.54, 1.807) is 6.20 Å². The van der Waals surface area contributed by atoms with Crippen LogP contribution in [0, 0.1) is 11.8 Å². The van der Waals surface area contributed by atoms with Crippen LogP contribution < -0.4 is 21.7 Å². The second kappa shape index (κ2) is 7.97. The summed E-state index contributed by atoms with van der Waals surface area (Å²) in [6.07, 6.45) is 7.52. The normalized spacial score (nSPS) is 19.4. The highest BCUT2D eigenvalue weighted by Gasteiger charge is 2.22. The second-order valence-electron chi connectivity index (χ2n) is 6.25. The van der Waals surface area contributed by atoms with Gasteiger partial charge in [-0.05, 0) is 38.6 Å². The van der Waals surface area contributed by atoms with Crippen molar-refractivity contribution in [1.82, 2.24) is 20.6 Å². The minimum atomic E-state index is -0.0148. The molecule has 1 aromatic heterocycles. The quantitative estimate of drug-likeness (QED) is 0.451. The van der Waals surface area contributed by atoms with Crippen molar-refractivity contribution in [3.8, 4) is 11.8 Å². The first-order valence-corrected chi connectivity index (χ1v) is 8.61. The van der Waals surface area contributed by atoms with Crippen LogP contribution in [0.25, 0.3) is 0 Å². The Hall–Kier alpha value is -2.33. The van der Waals surface area contributed by atoms with E-state index >= 15 is 0 Å². The van der Waals surface area contributed by atoms with Gasteiger partial charge in [0.25, 0.3) is 0 Å². The Morgan fingerprint density at radius 1 is 1.42 bits per heavy atom. The Balaban J connectivity index is 1.42. The van der Waals surface area contributed by atoms with Gasteiger partial charge in [-0.3, -0.25) is 4.79 Å². The molecule has 0 aromatic carbocycles. The molecule has 1 saturated heterocycles. The van der Waals surface area contributed by atoms with Crippen molar-refractivity contribution in [3.05, 3.63) is 11.8 Å². The maximum atomic E-state index is 11.8. The maximum absolute atomic E-state index is 11.8. The predicted octanol–water partition coefficient (Wildman–Crippen LogP) is 0.633. The molecule has 0 bridgehead atoms. The summed E-state index contributed by atoms with van der Waals surface area (Å²) in [7, 11) is 0. The average molecular weight is 328 g/mol. The molecule has 0 spiro atoms. The first-order valence-electron chi connectivity index (χ1n) is 8.61. The summed E-state index contributed by atoms with van der Waals surface area (Å²) in [5.74, 6) is 7.30. The summed E-state index contributed by atoms with van der Waals surface area (Å²) in [6.45, 7) is 1.58.